The number of carbonyl (C=O) groups excluding carboxylic acids is 2. The van der Waals surface area contributed by atoms with Gasteiger partial charge in [0.05, 0.1) is 19.7 Å². The summed E-state index contributed by atoms with van der Waals surface area (Å²) in [5.74, 6) is -0.167. The third kappa shape index (κ3) is 4.84. The zero-order valence-electron chi connectivity index (χ0n) is 13.1. The summed E-state index contributed by atoms with van der Waals surface area (Å²) in [7, 11) is 1.79. The van der Waals surface area contributed by atoms with E-state index in [1.807, 2.05) is 4.90 Å². The monoisotopic (exact) mass is 294 g/mol. The normalized spacial score (nSPS) is 18.3. The molecule has 0 aromatic heterocycles. The van der Waals surface area contributed by atoms with E-state index < -0.39 is 0 Å². The van der Waals surface area contributed by atoms with Gasteiger partial charge in [0.1, 0.15) is 0 Å². The van der Waals surface area contributed by atoms with E-state index >= 15 is 0 Å². The Morgan fingerprint density at radius 1 is 1.29 bits per heavy atom. The summed E-state index contributed by atoms with van der Waals surface area (Å²) in [5, 5.41) is 0. The Morgan fingerprint density at radius 3 is 2.62 bits per heavy atom. The van der Waals surface area contributed by atoms with Crippen molar-refractivity contribution in [3.8, 4) is 0 Å². The second kappa shape index (κ2) is 7.59. The van der Waals surface area contributed by atoms with Crippen molar-refractivity contribution in [1.29, 1.82) is 0 Å². The minimum absolute atomic E-state index is 0.109. The van der Waals surface area contributed by atoms with Crippen LogP contribution >= 0.6 is 0 Å². The average molecular weight is 294 g/mol. The van der Waals surface area contributed by atoms with Gasteiger partial charge in [0.15, 0.2) is 0 Å². The summed E-state index contributed by atoms with van der Waals surface area (Å²) in [6.07, 6.45) is 8.88. The SMILES string of the molecule is CCOC(=O)CN(C)CC(=O)N(C1=CCCCC1)C1CC1. The smallest absolute Gasteiger partial charge is 0.320 e. The van der Waals surface area contributed by atoms with Crippen molar-refractivity contribution in [3.05, 3.63) is 11.8 Å². The molecule has 21 heavy (non-hydrogen) atoms. The van der Waals surface area contributed by atoms with E-state index in [-0.39, 0.29) is 25.0 Å². The Hall–Kier alpha value is -1.36. The molecule has 0 heterocycles. The Balaban J connectivity index is 1.89. The van der Waals surface area contributed by atoms with Crippen molar-refractivity contribution < 1.29 is 14.3 Å². The molecule has 0 bridgehead atoms. The molecule has 0 spiro atoms. The van der Waals surface area contributed by atoms with Gasteiger partial charge in [-0.1, -0.05) is 6.08 Å². The molecule has 0 saturated heterocycles. The quantitative estimate of drug-likeness (QED) is 0.673. The van der Waals surface area contributed by atoms with Crippen LogP contribution < -0.4 is 0 Å². The second-order valence-corrected chi connectivity index (χ2v) is 5.91. The average Bonchev–Trinajstić information content (AvgIpc) is 3.24. The minimum atomic E-state index is -0.275. The third-order valence-electron chi connectivity index (χ3n) is 3.87. The van der Waals surface area contributed by atoms with Gasteiger partial charge in [-0.25, -0.2) is 0 Å². The molecule has 118 valence electrons. The molecule has 0 atom stereocenters. The molecule has 0 unspecified atom stereocenters. The number of esters is 1. The molecule has 0 aliphatic heterocycles. The van der Waals surface area contributed by atoms with Crippen LogP contribution in [0.2, 0.25) is 0 Å². The summed E-state index contributed by atoms with van der Waals surface area (Å²) in [6.45, 7) is 2.60. The summed E-state index contributed by atoms with van der Waals surface area (Å²) in [5.41, 5.74) is 1.19. The lowest BCUT2D eigenvalue weighted by atomic mass is 10.0. The van der Waals surface area contributed by atoms with Gasteiger partial charge in [-0.05, 0) is 52.5 Å². The van der Waals surface area contributed by atoms with E-state index in [4.69, 9.17) is 4.74 Å². The summed E-state index contributed by atoms with van der Waals surface area (Å²) in [6, 6.07) is 0.387. The predicted molar refractivity (Wildman–Crippen MR) is 80.5 cm³/mol. The molecule has 5 nitrogen and oxygen atoms in total. The first kappa shape index (κ1) is 16.0. The fourth-order valence-corrected chi connectivity index (χ4v) is 2.76. The van der Waals surface area contributed by atoms with Gasteiger partial charge in [0.25, 0.3) is 0 Å². The van der Waals surface area contributed by atoms with E-state index in [0.29, 0.717) is 12.6 Å². The predicted octanol–water partition coefficient (Wildman–Crippen LogP) is 1.93. The van der Waals surface area contributed by atoms with Crippen molar-refractivity contribution in [2.45, 2.75) is 51.5 Å². The van der Waals surface area contributed by atoms with Crippen LogP contribution in [0.5, 0.6) is 0 Å². The Labute approximate surface area is 126 Å². The van der Waals surface area contributed by atoms with E-state index in [9.17, 15) is 9.59 Å². The number of amides is 1. The molecule has 1 saturated carbocycles. The Kier molecular flexibility index (Phi) is 5.79. The fourth-order valence-electron chi connectivity index (χ4n) is 2.76. The number of rotatable bonds is 7. The van der Waals surface area contributed by atoms with Gasteiger partial charge in [-0.15, -0.1) is 0 Å². The van der Waals surface area contributed by atoms with Crippen molar-refractivity contribution >= 4 is 11.9 Å². The van der Waals surface area contributed by atoms with Gasteiger partial charge in [-0.3, -0.25) is 14.5 Å². The van der Waals surface area contributed by atoms with Crippen molar-refractivity contribution in [3.63, 3.8) is 0 Å². The molecular formula is C16H26N2O3. The summed E-state index contributed by atoms with van der Waals surface area (Å²) < 4.78 is 4.91. The van der Waals surface area contributed by atoms with Crippen LogP contribution in [0.15, 0.2) is 11.8 Å². The summed E-state index contributed by atoms with van der Waals surface area (Å²) in [4.78, 5) is 27.7. The maximum atomic E-state index is 12.6. The van der Waals surface area contributed by atoms with E-state index in [1.165, 1.54) is 18.5 Å². The number of hydrogen-bond acceptors (Lipinski definition) is 4. The van der Waals surface area contributed by atoms with Gasteiger partial charge >= 0.3 is 5.97 Å². The first-order chi connectivity index (χ1) is 10.1. The van der Waals surface area contributed by atoms with Crippen LogP contribution in [0.3, 0.4) is 0 Å². The second-order valence-electron chi connectivity index (χ2n) is 5.91. The zero-order chi connectivity index (χ0) is 15.2. The lowest BCUT2D eigenvalue weighted by Gasteiger charge is -2.29. The van der Waals surface area contributed by atoms with Crippen LogP contribution in [0.25, 0.3) is 0 Å². The largest absolute Gasteiger partial charge is 0.465 e. The standard InChI is InChI=1S/C16H26N2O3/c1-3-21-16(20)12-17(2)11-15(19)18(14-9-10-14)13-7-5-4-6-8-13/h7,14H,3-6,8-12H2,1-2H3. The van der Waals surface area contributed by atoms with E-state index in [1.54, 1.807) is 18.9 Å². The summed E-state index contributed by atoms with van der Waals surface area (Å²) >= 11 is 0. The molecule has 2 aliphatic carbocycles. The van der Waals surface area contributed by atoms with Crippen molar-refractivity contribution in [2.75, 3.05) is 26.7 Å². The van der Waals surface area contributed by atoms with Crippen LogP contribution in [0.1, 0.15) is 45.4 Å². The molecule has 0 N–H and O–H groups in total. The molecule has 1 fully saturated rings. The number of ether oxygens (including phenoxy) is 1. The Bertz CT molecular complexity index is 416. The molecule has 0 aromatic carbocycles. The van der Waals surface area contributed by atoms with Crippen LogP contribution in [0.4, 0.5) is 0 Å². The molecule has 5 heteroatoms. The molecule has 0 aromatic rings. The van der Waals surface area contributed by atoms with Gasteiger partial charge < -0.3 is 9.64 Å². The highest BCUT2D eigenvalue weighted by Gasteiger charge is 2.35. The first-order valence-electron chi connectivity index (χ1n) is 7.97. The van der Waals surface area contributed by atoms with Gasteiger partial charge in [-0.2, -0.15) is 0 Å². The third-order valence-corrected chi connectivity index (χ3v) is 3.87. The number of likely N-dealkylation sites (N-methyl/N-ethyl adjacent to an activating group) is 1. The van der Waals surface area contributed by atoms with Crippen molar-refractivity contribution in [1.82, 2.24) is 9.80 Å². The van der Waals surface area contributed by atoms with Crippen LogP contribution in [-0.2, 0) is 14.3 Å². The molecule has 2 aliphatic rings. The number of allylic oxidation sites excluding steroid dienone is 2. The topological polar surface area (TPSA) is 49.9 Å². The molecular weight excluding hydrogens is 268 g/mol. The highest BCUT2D eigenvalue weighted by Crippen LogP contribution is 2.33. The highest BCUT2D eigenvalue weighted by atomic mass is 16.5. The Morgan fingerprint density at radius 2 is 2.05 bits per heavy atom. The number of hydrogen-bond donors (Lipinski definition) is 0. The van der Waals surface area contributed by atoms with Crippen LogP contribution in [0, 0.1) is 0 Å². The fraction of sp³-hybridized carbons (Fsp3) is 0.750. The first-order valence-corrected chi connectivity index (χ1v) is 7.97. The lowest BCUT2D eigenvalue weighted by molar-refractivity contribution is -0.144. The minimum Gasteiger partial charge on any atom is -0.465 e. The maximum absolute atomic E-state index is 12.6. The van der Waals surface area contributed by atoms with Crippen LogP contribution in [-0.4, -0.2) is 54.5 Å². The molecule has 2 rings (SSSR count). The number of carbonyl (C=O) groups is 2. The maximum Gasteiger partial charge on any atom is 0.320 e. The molecule has 0 radical (unpaired) electrons. The number of nitrogens with zero attached hydrogens (tertiary/aromatic N) is 2. The zero-order valence-corrected chi connectivity index (χ0v) is 13.1. The molecule has 1 amide bonds. The van der Waals surface area contributed by atoms with Gasteiger partial charge in [0, 0.05) is 11.7 Å². The van der Waals surface area contributed by atoms with Gasteiger partial charge in [0.2, 0.25) is 5.91 Å². The van der Waals surface area contributed by atoms with E-state index in [2.05, 4.69) is 6.08 Å². The highest BCUT2D eigenvalue weighted by molar-refractivity contribution is 5.81. The lowest BCUT2D eigenvalue weighted by Crippen LogP contribution is -2.41. The van der Waals surface area contributed by atoms with Crippen molar-refractivity contribution in [2.24, 2.45) is 0 Å². The van der Waals surface area contributed by atoms with E-state index in [0.717, 1.165) is 25.7 Å².